The van der Waals surface area contributed by atoms with Gasteiger partial charge in [0.05, 0.1) is 27.3 Å². The van der Waals surface area contributed by atoms with Crippen LogP contribution >= 0.6 is 0 Å². The zero-order chi connectivity index (χ0) is 19.2. The molecule has 2 aromatic carbocycles. The molecule has 5 nitrogen and oxygen atoms in total. The lowest BCUT2D eigenvalue weighted by atomic mass is 9.76. The van der Waals surface area contributed by atoms with E-state index in [4.69, 9.17) is 0 Å². The highest BCUT2D eigenvalue weighted by Crippen LogP contribution is 2.42. The lowest BCUT2D eigenvalue weighted by Gasteiger charge is -2.25. The van der Waals surface area contributed by atoms with Crippen LogP contribution in [-0.4, -0.2) is 20.2 Å². The number of nitrogens with zero attached hydrogens (tertiary/aromatic N) is 1. The van der Waals surface area contributed by atoms with Gasteiger partial charge in [-0.3, -0.25) is 14.5 Å². The molecular formula is C21H21NO4S. The molecule has 1 saturated heterocycles. The molecule has 3 atom stereocenters. The normalized spacial score (nSPS) is 25.5. The van der Waals surface area contributed by atoms with Crippen molar-refractivity contribution in [1.82, 2.24) is 0 Å². The molecular weight excluding hydrogens is 362 g/mol. The first-order valence-electron chi connectivity index (χ1n) is 9.17. The molecule has 1 aliphatic carbocycles. The number of benzene rings is 2. The Morgan fingerprint density at radius 3 is 2.07 bits per heavy atom. The number of carbonyl (C=O) groups excluding carboxylic acids is 2. The SMILES string of the molecule is C[C@@H]1CC[C@@H]2C(=O)N(c3ccc(S(=O)(=O)c4ccccc4)cc3)C(=O)[C@H]2C1. The first kappa shape index (κ1) is 17.9. The van der Waals surface area contributed by atoms with Crippen molar-refractivity contribution in [3.05, 3.63) is 54.6 Å². The molecule has 2 aromatic rings. The van der Waals surface area contributed by atoms with Gasteiger partial charge in [0.2, 0.25) is 21.7 Å². The van der Waals surface area contributed by atoms with E-state index in [1.54, 1.807) is 42.5 Å². The zero-order valence-electron chi connectivity index (χ0n) is 15.0. The second-order valence-corrected chi connectivity index (χ2v) is 9.40. The summed E-state index contributed by atoms with van der Waals surface area (Å²) in [6.07, 6.45) is 2.45. The summed E-state index contributed by atoms with van der Waals surface area (Å²) in [5.41, 5.74) is 0.444. The molecule has 1 heterocycles. The number of imide groups is 1. The fraction of sp³-hybridized carbons (Fsp3) is 0.333. The first-order chi connectivity index (χ1) is 12.9. The van der Waals surface area contributed by atoms with E-state index in [2.05, 4.69) is 6.92 Å². The Labute approximate surface area is 158 Å². The van der Waals surface area contributed by atoms with Crippen LogP contribution in [0.15, 0.2) is 64.4 Å². The van der Waals surface area contributed by atoms with E-state index < -0.39 is 9.84 Å². The maximum atomic E-state index is 12.8. The van der Waals surface area contributed by atoms with E-state index in [-0.39, 0.29) is 33.4 Å². The third kappa shape index (κ3) is 2.98. The number of amides is 2. The molecule has 2 aliphatic rings. The van der Waals surface area contributed by atoms with Crippen molar-refractivity contribution in [2.75, 3.05) is 4.90 Å². The maximum absolute atomic E-state index is 12.8. The molecule has 140 valence electrons. The fourth-order valence-corrected chi connectivity index (χ4v) is 5.44. The van der Waals surface area contributed by atoms with Crippen LogP contribution in [0.25, 0.3) is 0 Å². The second kappa shape index (κ2) is 6.60. The fourth-order valence-electron chi connectivity index (χ4n) is 4.15. The number of hydrogen-bond donors (Lipinski definition) is 0. The van der Waals surface area contributed by atoms with Gasteiger partial charge in [-0.15, -0.1) is 0 Å². The van der Waals surface area contributed by atoms with Crippen LogP contribution in [0.4, 0.5) is 5.69 Å². The second-order valence-electron chi connectivity index (χ2n) is 7.45. The summed E-state index contributed by atoms with van der Waals surface area (Å²) in [6.45, 7) is 2.11. The number of carbonyl (C=O) groups is 2. The van der Waals surface area contributed by atoms with Gasteiger partial charge in [0.1, 0.15) is 0 Å². The van der Waals surface area contributed by atoms with Crippen molar-refractivity contribution in [2.45, 2.75) is 36.0 Å². The Hall–Kier alpha value is -2.47. The Bertz CT molecular complexity index is 983. The average Bonchev–Trinajstić information content (AvgIpc) is 2.92. The largest absolute Gasteiger partial charge is 0.274 e. The molecule has 1 aliphatic heterocycles. The molecule has 1 saturated carbocycles. The molecule has 0 unspecified atom stereocenters. The van der Waals surface area contributed by atoms with E-state index in [0.717, 1.165) is 19.3 Å². The number of anilines is 1. The minimum Gasteiger partial charge on any atom is -0.274 e. The minimum absolute atomic E-state index is 0.141. The lowest BCUT2D eigenvalue weighted by Crippen LogP contribution is -2.30. The molecule has 0 radical (unpaired) electrons. The van der Waals surface area contributed by atoms with Gasteiger partial charge in [-0.1, -0.05) is 25.1 Å². The highest BCUT2D eigenvalue weighted by atomic mass is 32.2. The van der Waals surface area contributed by atoms with E-state index in [0.29, 0.717) is 11.6 Å². The van der Waals surface area contributed by atoms with Gasteiger partial charge >= 0.3 is 0 Å². The molecule has 2 fully saturated rings. The summed E-state index contributed by atoms with van der Waals surface area (Å²) < 4.78 is 25.4. The lowest BCUT2D eigenvalue weighted by molar-refractivity contribution is -0.122. The summed E-state index contributed by atoms with van der Waals surface area (Å²) in [7, 11) is -3.62. The van der Waals surface area contributed by atoms with Crippen molar-refractivity contribution < 1.29 is 18.0 Å². The standard InChI is InChI=1S/C21H21NO4S/c1-14-7-12-18-19(13-14)21(24)22(20(18)23)15-8-10-17(11-9-15)27(25,26)16-5-3-2-4-6-16/h2-6,8-11,14,18-19H,7,12-13H2,1H3/t14-,18+,19+/m1/s1. The summed E-state index contributed by atoms with van der Waals surface area (Å²) in [6, 6.07) is 14.2. The molecule has 0 aromatic heterocycles. The van der Waals surface area contributed by atoms with Crippen molar-refractivity contribution in [3.8, 4) is 0 Å². The van der Waals surface area contributed by atoms with E-state index >= 15 is 0 Å². The Morgan fingerprint density at radius 1 is 0.815 bits per heavy atom. The smallest absolute Gasteiger partial charge is 0.237 e. The van der Waals surface area contributed by atoms with Gasteiger partial charge in [0.25, 0.3) is 0 Å². The number of hydrogen-bond acceptors (Lipinski definition) is 4. The average molecular weight is 383 g/mol. The quantitative estimate of drug-likeness (QED) is 0.761. The van der Waals surface area contributed by atoms with Gasteiger partial charge in [0.15, 0.2) is 0 Å². The molecule has 27 heavy (non-hydrogen) atoms. The number of rotatable bonds is 3. The molecule has 2 amide bonds. The number of fused-ring (bicyclic) bond motifs is 1. The molecule has 0 N–H and O–H groups in total. The van der Waals surface area contributed by atoms with Gasteiger partial charge in [-0.25, -0.2) is 8.42 Å². The molecule has 6 heteroatoms. The van der Waals surface area contributed by atoms with Crippen molar-refractivity contribution >= 4 is 27.3 Å². The number of sulfone groups is 1. The highest BCUT2D eigenvalue weighted by Gasteiger charge is 2.49. The first-order valence-corrected chi connectivity index (χ1v) is 10.7. The Morgan fingerprint density at radius 2 is 1.41 bits per heavy atom. The van der Waals surface area contributed by atoms with Crippen LogP contribution in [0.1, 0.15) is 26.2 Å². The van der Waals surface area contributed by atoms with Crippen molar-refractivity contribution in [2.24, 2.45) is 17.8 Å². The van der Waals surface area contributed by atoms with Crippen molar-refractivity contribution in [1.29, 1.82) is 0 Å². The predicted octanol–water partition coefficient (Wildman–Crippen LogP) is 3.45. The highest BCUT2D eigenvalue weighted by molar-refractivity contribution is 7.91. The molecule has 0 spiro atoms. The summed E-state index contributed by atoms with van der Waals surface area (Å²) >= 11 is 0. The van der Waals surface area contributed by atoms with Crippen LogP contribution in [0, 0.1) is 17.8 Å². The Balaban J connectivity index is 1.63. The predicted molar refractivity (Wildman–Crippen MR) is 101 cm³/mol. The molecule has 0 bridgehead atoms. The Kier molecular flexibility index (Phi) is 4.38. The van der Waals surface area contributed by atoms with Crippen LogP contribution in [0.5, 0.6) is 0 Å². The van der Waals surface area contributed by atoms with Crippen LogP contribution in [-0.2, 0) is 19.4 Å². The monoisotopic (exact) mass is 383 g/mol. The summed E-state index contributed by atoms with van der Waals surface area (Å²) in [5.74, 6) is -0.345. The summed E-state index contributed by atoms with van der Waals surface area (Å²) in [5, 5.41) is 0. The molecule has 4 rings (SSSR count). The van der Waals surface area contributed by atoms with E-state index in [1.807, 2.05) is 0 Å². The summed E-state index contributed by atoms with van der Waals surface area (Å²) in [4.78, 5) is 27.1. The van der Waals surface area contributed by atoms with Crippen molar-refractivity contribution in [3.63, 3.8) is 0 Å². The van der Waals surface area contributed by atoms with Crippen LogP contribution < -0.4 is 4.90 Å². The topological polar surface area (TPSA) is 71.5 Å². The van der Waals surface area contributed by atoms with Crippen LogP contribution in [0.3, 0.4) is 0 Å². The third-order valence-electron chi connectivity index (χ3n) is 5.65. The van der Waals surface area contributed by atoms with Gasteiger partial charge in [-0.2, -0.15) is 0 Å². The van der Waals surface area contributed by atoms with E-state index in [1.165, 1.54) is 17.0 Å². The van der Waals surface area contributed by atoms with Gasteiger partial charge in [-0.05, 0) is 61.6 Å². The van der Waals surface area contributed by atoms with Gasteiger partial charge < -0.3 is 0 Å². The maximum Gasteiger partial charge on any atom is 0.237 e. The minimum atomic E-state index is -3.62. The van der Waals surface area contributed by atoms with Gasteiger partial charge in [0, 0.05) is 0 Å². The van der Waals surface area contributed by atoms with E-state index in [9.17, 15) is 18.0 Å². The van der Waals surface area contributed by atoms with Crippen LogP contribution in [0.2, 0.25) is 0 Å². The zero-order valence-corrected chi connectivity index (χ0v) is 15.9. The third-order valence-corrected chi connectivity index (χ3v) is 7.43.